The van der Waals surface area contributed by atoms with Gasteiger partial charge in [0, 0.05) is 12.6 Å². The van der Waals surface area contributed by atoms with E-state index in [1.807, 2.05) is 7.05 Å². The van der Waals surface area contributed by atoms with E-state index < -0.39 is 0 Å². The Balaban J connectivity index is 1.66. The minimum Gasteiger partial charge on any atom is -0.338 e. The summed E-state index contributed by atoms with van der Waals surface area (Å²) in [5.74, 6) is 0.443. The standard InChI is InChI=1S/C11H15N3O2/c1-14-7-11(3-4-11)6-8(14)10(15)13-9-2-5-12-16-9/h2,5,8H,3-4,6-7H2,1H3,(H,13,15)/t8-/m0/s1. The van der Waals surface area contributed by atoms with E-state index in [9.17, 15) is 4.79 Å². The summed E-state index contributed by atoms with van der Waals surface area (Å²) in [6.45, 7) is 1.04. The second-order valence-corrected chi connectivity index (χ2v) is 5.00. The third-order valence-electron chi connectivity index (χ3n) is 3.69. The van der Waals surface area contributed by atoms with Gasteiger partial charge < -0.3 is 4.52 Å². The van der Waals surface area contributed by atoms with Crippen molar-refractivity contribution in [3.8, 4) is 0 Å². The first-order valence-electron chi connectivity index (χ1n) is 5.60. The zero-order valence-corrected chi connectivity index (χ0v) is 9.27. The number of anilines is 1. The molecule has 1 aromatic rings. The number of hydrogen-bond acceptors (Lipinski definition) is 4. The molecule has 1 aliphatic carbocycles. The molecular weight excluding hydrogens is 206 g/mol. The fourth-order valence-electron chi connectivity index (χ4n) is 2.59. The quantitative estimate of drug-likeness (QED) is 0.812. The summed E-state index contributed by atoms with van der Waals surface area (Å²) in [7, 11) is 2.01. The second-order valence-electron chi connectivity index (χ2n) is 5.00. The van der Waals surface area contributed by atoms with Gasteiger partial charge in [-0.05, 0) is 31.7 Å². The molecule has 1 aromatic heterocycles. The Labute approximate surface area is 93.8 Å². The van der Waals surface area contributed by atoms with E-state index >= 15 is 0 Å². The maximum atomic E-state index is 12.0. The highest BCUT2D eigenvalue weighted by molar-refractivity contribution is 5.94. The van der Waals surface area contributed by atoms with E-state index in [4.69, 9.17) is 4.52 Å². The van der Waals surface area contributed by atoms with Crippen molar-refractivity contribution in [1.82, 2.24) is 10.1 Å². The zero-order valence-electron chi connectivity index (χ0n) is 9.27. The number of nitrogens with one attached hydrogen (secondary N) is 1. The molecule has 0 bridgehead atoms. The van der Waals surface area contributed by atoms with Crippen LogP contribution in [0.1, 0.15) is 19.3 Å². The van der Waals surface area contributed by atoms with Crippen LogP contribution in [0.25, 0.3) is 0 Å². The molecule has 3 rings (SSSR count). The van der Waals surface area contributed by atoms with Gasteiger partial charge in [-0.1, -0.05) is 5.16 Å². The maximum absolute atomic E-state index is 12.0. The Hall–Kier alpha value is -1.36. The Morgan fingerprint density at radius 2 is 2.50 bits per heavy atom. The third kappa shape index (κ3) is 1.61. The summed E-state index contributed by atoms with van der Waals surface area (Å²) < 4.78 is 4.87. The van der Waals surface area contributed by atoms with Crippen LogP contribution in [0.3, 0.4) is 0 Å². The first-order chi connectivity index (χ1) is 7.69. The van der Waals surface area contributed by atoms with Gasteiger partial charge in [-0.3, -0.25) is 15.0 Å². The van der Waals surface area contributed by atoms with Gasteiger partial charge in [-0.2, -0.15) is 0 Å². The molecule has 2 heterocycles. The molecule has 1 saturated heterocycles. The first kappa shape index (κ1) is 9.84. The van der Waals surface area contributed by atoms with Crippen molar-refractivity contribution in [2.24, 2.45) is 5.41 Å². The number of carbonyl (C=O) groups is 1. The molecule has 1 saturated carbocycles. The van der Waals surface area contributed by atoms with E-state index in [2.05, 4.69) is 15.4 Å². The van der Waals surface area contributed by atoms with Crippen LogP contribution in [0.5, 0.6) is 0 Å². The summed E-state index contributed by atoms with van der Waals surface area (Å²) in [5, 5.41) is 6.31. The van der Waals surface area contributed by atoms with E-state index in [-0.39, 0.29) is 11.9 Å². The molecule has 0 radical (unpaired) electrons. The van der Waals surface area contributed by atoms with Gasteiger partial charge in [0.2, 0.25) is 11.8 Å². The van der Waals surface area contributed by atoms with Gasteiger partial charge >= 0.3 is 0 Å². The fraction of sp³-hybridized carbons (Fsp3) is 0.636. The predicted octanol–water partition coefficient (Wildman–Crippen LogP) is 1.10. The molecule has 86 valence electrons. The fourth-order valence-corrected chi connectivity index (χ4v) is 2.59. The van der Waals surface area contributed by atoms with Gasteiger partial charge in [0.15, 0.2) is 0 Å². The van der Waals surface area contributed by atoms with Crippen LogP contribution in [0.2, 0.25) is 0 Å². The molecule has 0 unspecified atom stereocenters. The number of carbonyl (C=O) groups excluding carboxylic acids is 1. The van der Waals surface area contributed by atoms with Gasteiger partial charge in [0.25, 0.3) is 0 Å². The average molecular weight is 221 g/mol. The molecule has 5 heteroatoms. The van der Waals surface area contributed by atoms with Crippen LogP contribution < -0.4 is 5.32 Å². The lowest BCUT2D eigenvalue weighted by atomic mass is 10.0. The molecule has 0 aromatic carbocycles. The number of amides is 1. The van der Waals surface area contributed by atoms with Crippen molar-refractivity contribution in [2.75, 3.05) is 18.9 Å². The van der Waals surface area contributed by atoms with Crippen molar-refractivity contribution < 1.29 is 9.32 Å². The van der Waals surface area contributed by atoms with Crippen molar-refractivity contribution in [3.63, 3.8) is 0 Å². The Bertz CT molecular complexity index is 397. The van der Waals surface area contributed by atoms with Crippen molar-refractivity contribution in [3.05, 3.63) is 12.3 Å². The molecule has 16 heavy (non-hydrogen) atoms. The van der Waals surface area contributed by atoms with E-state index in [1.165, 1.54) is 19.0 Å². The van der Waals surface area contributed by atoms with Crippen LogP contribution in [-0.2, 0) is 4.79 Å². The van der Waals surface area contributed by atoms with Gasteiger partial charge in [-0.25, -0.2) is 0 Å². The van der Waals surface area contributed by atoms with Gasteiger partial charge in [0.1, 0.15) is 0 Å². The number of likely N-dealkylation sites (tertiary alicyclic amines) is 1. The lowest BCUT2D eigenvalue weighted by Gasteiger charge is -2.17. The molecule has 2 fully saturated rings. The average Bonchev–Trinajstić information content (AvgIpc) is 2.68. The summed E-state index contributed by atoms with van der Waals surface area (Å²) in [6, 6.07) is 1.63. The lowest BCUT2D eigenvalue weighted by molar-refractivity contribution is -0.120. The molecule has 1 aliphatic heterocycles. The van der Waals surface area contributed by atoms with Gasteiger partial charge in [0.05, 0.1) is 12.2 Å². The van der Waals surface area contributed by atoms with E-state index in [1.54, 1.807) is 6.07 Å². The summed E-state index contributed by atoms with van der Waals surface area (Å²) in [6.07, 6.45) is 5.03. The molecule has 5 nitrogen and oxygen atoms in total. The van der Waals surface area contributed by atoms with E-state index in [0.717, 1.165) is 13.0 Å². The third-order valence-corrected chi connectivity index (χ3v) is 3.69. The second kappa shape index (κ2) is 3.31. The largest absolute Gasteiger partial charge is 0.338 e. The summed E-state index contributed by atoms with van der Waals surface area (Å²) >= 11 is 0. The Kier molecular flexibility index (Phi) is 2.04. The van der Waals surface area contributed by atoms with Crippen LogP contribution in [-0.4, -0.2) is 35.6 Å². The van der Waals surface area contributed by atoms with E-state index in [0.29, 0.717) is 11.3 Å². The molecule has 1 amide bonds. The highest BCUT2D eigenvalue weighted by Gasteiger charge is 2.52. The van der Waals surface area contributed by atoms with Crippen molar-refractivity contribution in [1.29, 1.82) is 0 Å². The summed E-state index contributed by atoms with van der Waals surface area (Å²) in [4.78, 5) is 14.1. The zero-order chi connectivity index (χ0) is 11.2. The SMILES string of the molecule is CN1CC2(CC2)C[C@H]1C(=O)Nc1ccno1. The number of likely N-dealkylation sites (N-methyl/N-ethyl adjacent to an activating group) is 1. The van der Waals surface area contributed by atoms with Crippen LogP contribution in [0, 0.1) is 5.41 Å². The molecular formula is C11H15N3O2. The van der Waals surface area contributed by atoms with Crippen molar-refractivity contribution in [2.45, 2.75) is 25.3 Å². The van der Waals surface area contributed by atoms with Crippen LogP contribution in [0.15, 0.2) is 16.8 Å². The normalized spacial score (nSPS) is 27.2. The molecule has 2 aliphatic rings. The van der Waals surface area contributed by atoms with Gasteiger partial charge in [-0.15, -0.1) is 0 Å². The number of rotatable bonds is 2. The monoisotopic (exact) mass is 221 g/mol. The molecule has 1 spiro atoms. The Morgan fingerprint density at radius 1 is 1.69 bits per heavy atom. The number of aromatic nitrogens is 1. The molecule has 1 N–H and O–H groups in total. The summed E-state index contributed by atoms with van der Waals surface area (Å²) in [5.41, 5.74) is 0.443. The van der Waals surface area contributed by atoms with Crippen molar-refractivity contribution >= 4 is 11.8 Å². The van der Waals surface area contributed by atoms with Crippen LogP contribution >= 0.6 is 0 Å². The van der Waals surface area contributed by atoms with Crippen LogP contribution in [0.4, 0.5) is 5.88 Å². The molecule has 1 atom stereocenters. The lowest BCUT2D eigenvalue weighted by Crippen LogP contribution is -2.36. The smallest absolute Gasteiger partial charge is 0.244 e. The maximum Gasteiger partial charge on any atom is 0.244 e. The Morgan fingerprint density at radius 3 is 3.06 bits per heavy atom. The minimum absolute atomic E-state index is 0.0167. The number of nitrogens with zero attached hydrogens (tertiary/aromatic N) is 2. The number of hydrogen-bond donors (Lipinski definition) is 1. The first-order valence-corrected chi connectivity index (χ1v) is 5.60. The highest BCUT2D eigenvalue weighted by atomic mass is 16.5. The topological polar surface area (TPSA) is 58.4 Å². The minimum atomic E-state index is -0.0207. The predicted molar refractivity (Wildman–Crippen MR) is 57.8 cm³/mol. The highest BCUT2D eigenvalue weighted by Crippen LogP contribution is 2.54.